The first-order valence-corrected chi connectivity index (χ1v) is 6.59. The fourth-order valence-electron chi connectivity index (χ4n) is 2.67. The van der Waals surface area contributed by atoms with Crippen LogP contribution in [0, 0.1) is 11.7 Å². The van der Waals surface area contributed by atoms with E-state index in [2.05, 4.69) is 11.8 Å². The molecule has 0 radical (unpaired) electrons. The minimum atomic E-state index is -0.600. The molecule has 5 heteroatoms. The molecule has 1 amide bonds. The molecule has 0 aromatic heterocycles. The van der Waals surface area contributed by atoms with Gasteiger partial charge in [0.05, 0.1) is 5.56 Å². The summed E-state index contributed by atoms with van der Waals surface area (Å²) in [6.45, 7) is 3.50. The zero-order valence-corrected chi connectivity index (χ0v) is 11.1. The van der Waals surface area contributed by atoms with Crippen LogP contribution >= 0.6 is 0 Å². The maximum atomic E-state index is 13.3. The van der Waals surface area contributed by atoms with Crippen molar-refractivity contribution in [2.24, 2.45) is 17.4 Å². The van der Waals surface area contributed by atoms with Gasteiger partial charge in [-0.3, -0.25) is 4.79 Å². The normalized spacial score (nSPS) is 23.4. The van der Waals surface area contributed by atoms with Gasteiger partial charge in [0.25, 0.3) is 5.91 Å². The quantitative estimate of drug-likeness (QED) is 0.869. The molecule has 104 valence electrons. The van der Waals surface area contributed by atoms with E-state index in [0.29, 0.717) is 24.2 Å². The van der Waals surface area contributed by atoms with E-state index in [1.165, 1.54) is 12.1 Å². The topological polar surface area (TPSA) is 72.3 Å². The van der Waals surface area contributed by atoms with Crippen molar-refractivity contribution in [3.63, 3.8) is 0 Å². The van der Waals surface area contributed by atoms with E-state index in [1.807, 2.05) is 0 Å². The predicted octanol–water partition coefficient (Wildman–Crippen LogP) is 1.49. The molecular weight excluding hydrogens is 245 g/mol. The Bertz CT molecular complexity index is 478. The summed E-state index contributed by atoms with van der Waals surface area (Å²) < 4.78 is 13.3. The lowest BCUT2D eigenvalue weighted by atomic mass is 9.92. The first-order chi connectivity index (χ1) is 9.02. The second-order valence-electron chi connectivity index (χ2n) is 5.21. The number of amides is 1. The lowest BCUT2D eigenvalue weighted by Gasteiger charge is -2.40. The minimum absolute atomic E-state index is 0.240. The smallest absolute Gasteiger partial charge is 0.250 e. The SMILES string of the molecule is CC1CCC(CN)CN1c1ccc(F)cc1C(N)=O. The molecule has 1 saturated heterocycles. The first-order valence-electron chi connectivity index (χ1n) is 6.59. The van der Waals surface area contributed by atoms with E-state index in [-0.39, 0.29) is 5.56 Å². The van der Waals surface area contributed by atoms with Gasteiger partial charge in [-0.2, -0.15) is 0 Å². The number of nitrogens with zero attached hydrogens (tertiary/aromatic N) is 1. The lowest BCUT2D eigenvalue weighted by Crippen LogP contribution is -2.44. The highest BCUT2D eigenvalue weighted by Crippen LogP contribution is 2.30. The Labute approximate surface area is 112 Å². The van der Waals surface area contributed by atoms with Crippen LogP contribution in [0.5, 0.6) is 0 Å². The van der Waals surface area contributed by atoms with Gasteiger partial charge < -0.3 is 16.4 Å². The van der Waals surface area contributed by atoms with Gasteiger partial charge in [-0.15, -0.1) is 0 Å². The largest absolute Gasteiger partial charge is 0.368 e. The summed E-state index contributed by atoms with van der Waals surface area (Å²) in [6, 6.07) is 4.49. The van der Waals surface area contributed by atoms with Crippen molar-refractivity contribution in [1.82, 2.24) is 0 Å². The molecule has 0 aliphatic carbocycles. The highest BCUT2D eigenvalue weighted by molar-refractivity contribution is 5.98. The molecule has 4 nitrogen and oxygen atoms in total. The fourth-order valence-corrected chi connectivity index (χ4v) is 2.67. The van der Waals surface area contributed by atoms with Crippen LogP contribution < -0.4 is 16.4 Å². The summed E-state index contributed by atoms with van der Waals surface area (Å²) in [6.07, 6.45) is 2.10. The van der Waals surface area contributed by atoms with E-state index < -0.39 is 11.7 Å². The average molecular weight is 265 g/mol. The Kier molecular flexibility index (Phi) is 4.04. The Balaban J connectivity index is 2.36. The fraction of sp³-hybridized carbons (Fsp3) is 0.500. The van der Waals surface area contributed by atoms with Crippen molar-refractivity contribution in [3.8, 4) is 0 Å². The van der Waals surface area contributed by atoms with Gasteiger partial charge in [0.15, 0.2) is 0 Å². The van der Waals surface area contributed by atoms with Crippen LogP contribution in [0.3, 0.4) is 0 Å². The molecule has 1 fully saturated rings. The highest BCUT2D eigenvalue weighted by Gasteiger charge is 2.27. The molecule has 2 atom stereocenters. The number of carbonyl (C=O) groups is 1. The van der Waals surface area contributed by atoms with Crippen LogP contribution in [0.2, 0.25) is 0 Å². The van der Waals surface area contributed by atoms with Gasteiger partial charge in [-0.25, -0.2) is 4.39 Å². The number of primary amides is 1. The van der Waals surface area contributed by atoms with E-state index in [1.54, 1.807) is 6.07 Å². The number of nitrogens with two attached hydrogens (primary N) is 2. The number of hydrogen-bond donors (Lipinski definition) is 2. The summed E-state index contributed by atoms with van der Waals surface area (Å²) in [5, 5.41) is 0. The zero-order chi connectivity index (χ0) is 14.0. The van der Waals surface area contributed by atoms with Gasteiger partial charge in [-0.1, -0.05) is 0 Å². The third kappa shape index (κ3) is 2.87. The predicted molar refractivity (Wildman–Crippen MR) is 73.5 cm³/mol. The summed E-state index contributed by atoms with van der Waals surface area (Å²) >= 11 is 0. The zero-order valence-electron chi connectivity index (χ0n) is 11.1. The minimum Gasteiger partial charge on any atom is -0.368 e. The molecule has 19 heavy (non-hydrogen) atoms. The number of piperidine rings is 1. The molecule has 1 aromatic carbocycles. The van der Waals surface area contributed by atoms with Crippen LogP contribution in [-0.2, 0) is 0 Å². The van der Waals surface area contributed by atoms with Crippen LogP contribution in [0.25, 0.3) is 0 Å². The number of anilines is 1. The summed E-state index contributed by atoms with van der Waals surface area (Å²) in [4.78, 5) is 13.6. The molecule has 1 aliphatic heterocycles. The van der Waals surface area contributed by atoms with E-state index in [4.69, 9.17) is 11.5 Å². The number of rotatable bonds is 3. The van der Waals surface area contributed by atoms with Gasteiger partial charge in [0, 0.05) is 18.3 Å². The molecule has 1 aliphatic rings. The second kappa shape index (κ2) is 5.57. The molecule has 1 aromatic rings. The molecule has 0 bridgehead atoms. The Morgan fingerprint density at radius 1 is 1.47 bits per heavy atom. The maximum Gasteiger partial charge on any atom is 0.250 e. The van der Waals surface area contributed by atoms with Crippen molar-refractivity contribution in [1.29, 1.82) is 0 Å². The molecule has 1 heterocycles. The number of hydrogen-bond acceptors (Lipinski definition) is 3. The van der Waals surface area contributed by atoms with Crippen molar-refractivity contribution in [2.75, 3.05) is 18.0 Å². The number of carbonyl (C=O) groups excluding carboxylic acids is 1. The van der Waals surface area contributed by atoms with Crippen LogP contribution in [0.15, 0.2) is 18.2 Å². The van der Waals surface area contributed by atoms with Crippen LogP contribution in [0.1, 0.15) is 30.1 Å². The monoisotopic (exact) mass is 265 g/mol. The molecular formula is C14H20FN3O. The molecule has 0 saturated carbocycles. The third-order valence-electron chi connectivity index (χ3n) is 3.85. The third-order valence-corrected chi connectivity index (χ3v) is 3.85. The van der Waals surface area contributed by atoms with Gasteiger partial charge in [0.1, 0.15) is 5.82 Å². The summed E-state index contributed by atoms with van der Waals surface area (Å²) in [5.41, 5.74) is 12.0. The number of benzene rings is 1. The van der Waals surface area contributed by atoms with E-state index >= 15 is 0 Å². The average Bonchev–Trinajstić information content (AvgIpc) is 2.39. The molecule has 4 N–H and O–H groups in total. The lowest BCUT2D eigenvalue weighted by molar-refractivity contribution is 0.1000. The van der Waals surface area contributed by atoms with E-state index in [0.717, 1.165) is 19.4 Å². The molecule has 2 rings (SSSR count). The molecule has 0 spiro atoms. The van der Waals surface area contributed by atoms with Crippen molar-refractivity contribution in [2.45, 2.75) is 25.8 Å². The van der Waals surface area contributed by atoms with Gasteiger partial charge in [0.2, 0.25) is 0 Å². The molecule has 2 unspecified atom stereocenters. The Hall–Kier alpha value is -1.62. The highest BCUT2D eigenvalue weighted by atomic mass is 19.1. The second-order valence-corrected chi connectivity index (χ2v) is 5.21. The van der Waals surface area contributed by atoms with Crippen molar-refractivity contribution < 1.29 is 9.18 Å². The standard InChI is InChI=1S/C14H20FN3O/c1-9-2-3-10(7-16)8-18(9)13-5-4-11(15)6-12(13)14(17)19/h4-6,9-10H,2-3,7-8,16H2,1H3,(H2,17,19). The van der Waals surface area contributed by atoms with Gasteiger partial charge >= 0.3 is 0 Å². The summed E-state index contributed by atoms with van der Waals surface area (Å²) in [7, 11) is 0. The van der Waals surface area contributed by atoms with Crippen molar-refractivity contribution in [3.05, 3.63) is 29.6 Å². The Morgan fingerprint density at radius 3 is 2.84 bits per heavy atom. The van der Waals surface area contributed by atoms with Crippen LogP contribution in [-0.4, -0.2) is 25.0 Å². The van der Waals surface area contributed by atoms with E-state index in [9.17, 15) is 9.18 Å². The van der Waals surface area contributed by atoms with Crippen molar-refractivity contribution >= 4 is 11.6 Å². The maximum absolute atomic E-state index is 13.3. The summed E-state index contributed by atoms with van der Waals surface area (Å²) in [5.74, 6) is -0.642. The first kappa shape index (κ1) is 13.8. The Morgan fingerprint density at radius 2 is 2.21 bits per heavy atom. The van der Waals surface area contributed by atoms with Gasteiger partial charge in [-0.05, 0) is 50.4 Å². The number of halogens is 1. The van der Waals surface area contributed by atoms with Crippen LogP contribution in [0.4, 0.5) is 10.1 Å².